The quantitative estimate of drug-likeness (QED) is 0.406. The summed E-state index contributed by atoms with van der Waals surface area (Å²) < 4.78 is 5.25. The minimum atomic E-state index is -0.131. The van der Waals surface area contributed by atoms with E-state index in [1.165, 1.54) is 0 Å². The molecule has 0 unspecified atom stereocenters. The van der Waals surface area contributed by atoms with Gasteiger partial charge in [0.05, 0.1) is 24.9 Å². The molecule has 5 nitrogen and oxygen atoms in total. The van der Waals surface area contributed by atoms with E-state index in [0.29, 0.717) is 17.8 Å². The van der Waals surface area contributed by atoms with Crippen LogP contribution in [0, 0.1) is 6.92 Å². The van der Waals surface area contributed by atoms with Gasteiger partial charge in [-0.25, -0.2) is 0 Å². The normalized spacial score (nSPS) is 12.5. The molecular formula is C27H22N2O3S. The van der Waals surface area contributed by atoms with Gasteiger partial charge in [0.1, 0.15) is 5.76 Å². The number of anilines is 2. The van der Waals surface area contributed by atoms with E-state index in [1.54, 1.807) is 48.4 Å². The molecule has 33 heavy (non-hydrogen) atoms. The van der Waals surface area contributed by atoms with Gasteiger partial charge >= 0.3 is 0 Å². The van der Waals surface area contributed by atoms with Crippen LogP contribution in [0.5, 0.6) is 0 Å². The van der Waals surface area contributed by atoms with Gasteiger partial charge in [0.2, 0.25) is 5.91 Å². The number of furan rings is 1. The number of hydrogen-bond acceptors (Lipinski definition) is 4. The van der Waals surface area contributed by atoms with E-state index in [4.69, 9.17) is 4.42 Å². The lowest BCUT2D eigenvalue weighted by molar-refractivity contribution is -0.115. The number of amides is 2. The van der Waals surface area contributed by atoms with Crippen LogP contribution in [-0.2, 0) is 17.8 Å². The number of benzene rings is 3. The lowest BCUT2D eigenvalue weighted by atomic mass is 10.1. The average Bonchev–Trinajstić information content (AvgIpc) is 3.14. The second kappa shape index (κ2) is 9.00. The molecule has 164 valence electrons. The van der Waals surface area contributed by atoms with E-state index in [0.717, 1.165) is 32.4 Å². The van der Waals surface area contributed by atoms with Crippen LogP contribution in [0.15, 0.2) is 99.3 Å². The Balaban J connectivity index is 1.36. The fourth-order valence-electron chi connectivity index (χ4n) is 3.88. The van der Waals surface area contributed by atoms with Crippen LogP contribution in [0.1, 0.15) is 27.2 Å². The van der Waals surface area contributed by atoms with Crippen LogP contribution >= 0.6 is 11.8 Å². The number of rotatable bonds is 4. The topological polar surface area (TPSA) is 62.6 Å². The molecule has 2 amide bonds. The number of nitrogens with zero attached hydrogens (tertiary/aromatic N) is 1. The highest BCUT2D eigenvalue weighted by Crippen LogP contribution is 2.41. The minimum Gasteiger partial charge on any atom is -0.469 e. The van der Waals surface area contributed by atoms with Gasteiger partial charge in [0, 0.05) is 26.6 Å². The van der Waals surface area contributed by atoms with Crippen molar-refractivity contribution in [2.45, 2.75) is 29.7 Å². The van der Waals surface area contributed by atoms with Gasteiger partial charge in [-0.3, -0.25) is 9.59 Å². The Bertz CT molecular complexity index is 1330. The van der Waals surface area contributed by atoms with E-state index in [1.807, 2.05) is 48.2 Å². The zero-order valence-electron chi connectivity index (χ0n) is 18.1. The van der Waals surface area contributed by atoms with Gasteiger partial charge in [0.25, 0.3) is 5.91 Å². The number of carbonyl (C=O) groups is 2. The number of carbonyl (C=O) groups excluding carboxylic acids is 2. The molecule has 4 aromatic rings. The highest BCUT2D eigenvalue weighted by Gasteiger charge is 2.25. The molecule has 5 rings (SSSR count). The maximum atomic E-state index is 13.5. The third-order valence-corrected chi connectivity index (χ3v) is 6.84. The Kier molecular flexibility index (Phi) is 5.75. The standard InChI is InChI=1S/C27H22N2O3S/c1-18-20(14-15-32-18)16-26(30)28-22-12-10-19(11-13-22)27(31)29-17-21-6-2-4-8-24(21)33-25-9-5-3-7-23(25)29/h2-15H,16-17H2,1H3,(H,28,30). The SMILES string of the molecule is Cc1occc1CC(=O)Nc1ccc(C(=O)N2Cc3ccccc3Sc3ccccc32)cc1. The maximum absolute atomic E-state index is 13.5. The molecule has 1 aliphatic heterocycles. The Hall–Kier alpha value is -3.77. The molecule has 0 spiro atoms. The smallest absolute Gasteiger partial charge is 0.258 e. The van der Waals surface area contributed by atoms with Crippen LogP contribution < -0.4 is 10.2 Å². The van der Waals surface area contributed by atoms with E-state index >= 15 is 0 Å². The van der Waals surface area contributed by atoms with Crippen molar-refractivity contribution in [1.29, 1.82) is 0 Å². The average molecular weight is 455 g/mol. The highest BCUT2D eigenvalue weighted by atomic mass is 32.2. The highest BCUT2D eigenvalue weighted by molar-refractivity contribution is 7.99. The van der Waals surface area contributed by atoms with Crippen molar-refractivity contribution in [2.24, 2.45) is 0 Å². The van der Waals surface area contributed by atoms with Crippen LogP contribution in [0.25, 0.3) is 0 Å². The predicted octanol–water partition coefficient (Wildman–Crippen LogP) is 6.08. The molecule has 0 aliphatic carbocycles. The molecule has 2 heterocycles. The molecule has 6 heteroatoms. The third kappa shape index (κ3) is 4.43. The van der Waals surface area contributed by atoms with Crippen LogP contribution in [0.3, 0.4) is 0 Å². The molecule has 0 atom stereocenters. The fourth-order valence-corrected chi connectivity index (χ4v) is 4.96. The van der Waals surface area contributed by atoms with Gasteiger partial charge in [-0.1, -0.05) is 42.1 Å². The summed E-state index contributed by atoms with van der Waals surface area (Å²) in [4.78, 5) is 29.9. The number of nitrogens with one attached hydrogen (secondary N) is 1. The molecule has 0 fully saturated rings. The molecule has 1 aliphatic rings. The van der Waals surface area contributed by atoms with Crippen molar-refractivity contribution >= 4 is 35.0 Å². The van der Waals surface area contributed by atoms with Crippen LogP contribution in [-0.4, -0.2) is 11.8 Å². The number of aryl methyl sites for hydroxylation is 1. The predicted molar refractivity (Wildman–Crippen MR) is 130 cm³/mol. The Morgan fingerprint density at radius 2 is 1.67 bits per heavy atom. The van der Waals surface area contributed by atoms with Gasteiger partial charge in [0.15, 0.2) is 0 Å². The minimum absolute atomic E-state index is 0.0772. The Morgan fingerprint density at radius 1 is 0.939 bits per heavy atom. The number of para-hydroxylation sites is 1. The van der Waals surface area contributed by atoms with Crippen molar-refractivity contribution in [3.63, 3.8) is 0 Å². The van der Waals surface area contributed by atoms with Crippen LogP contribution in [0.2, 0.25) is 0 Å². The first-order chi connectivity index (χ1) is 16.1. The Labute approximate surface area is 196 Å². The van der Waals surface area contributed by atoms with E-state index in [9.17, 15) is 9.59 Å². The van der Waals surface area contributed by atoms with Crippen molar-refractivity contribution in [3.05, 3.63) is 108 Å². The summed E-state index contributed by atoms with van der Waals surface area (Å²) >= 11 is 1.68. The summed E-state index contributed by atoms with van der Waals surface area (Å²) in [6, 6.07) is 25.0. The first kappa shape index (κ1) is 21.1. The summed E-state index contributed by atoms with van der Waals surface area (Å²) in [6.07, 6.45) is 1.82. The molecule has 1 aromatic heterocycles. The molecule has 0 radical (unpaired) electrons. The largest absolute Gasteiger partial charge is 0.469 e. The van der Waals surface area contributed by atoms with E-state index in [2.05, 4.69) is 17.4 Å². The maximum Gasteiger partial charge on any atom is 0.258 e. The fraction of sp³-hybridized carbons (Fsp3) is 0.111. The van der Waals surface area contributed by atoms with Gasteiger partial charge in [-0.15, -0.1) is 0 Å². The van der Waals surface area contributed by atoms with Crippen molar-refractivity contribution < 1.29 is 14.0 Å². The zero-order chi connectivity index (χ0) is 22.8. The van der Waals surface area contributed by atoms with Crippen molar-refractivity contribution in [1.82, 2.24) is 0 Å². The lowest BCUT2D eigenvalue weighted by Gasteiger charge is -2.23. The van der Waals surface area contributed by atoms with Gasteiger partial charge in [-0.2, -0.15) is 0 Å². The molecular weight excluding hydrogens is 432 g/mol. The summed E-state index contributed by atoms with van der Waals surface area (Å²) in [7, 11) is 0. The summed E-state index contributed by atoms with van der Waals surface area (Å²) in [6.45, 7) is 2.34. The monoisotopic (exact) mass is 454 g/mol. The zero-order valence-corrected chi connectivity index (χ0v) is 18.9. The second-order valence-corrected chi connectivity index (χ2v) is 8.96. The first-order valence-corrected chi connectivity index (χ1v) is 11.5. The molecule has 0 saturated heterocycles. The Morgan fingerprint density at radius 3 is 2.42 bits per heavy atom. The third-order valence-electron chi connectivity index (χ3n) is 5.66. The number of hydrogen-bond donors (Lipinski definition) is 1. The molecule has 1 N–H and O–H groups in total. The van der Waals surface area contributed by atoms with E-state index < -0.39 is 0 Å². The second-order valence-electron chi connectivity index (χ2n) is 7.87. The molecule has 0 saturated carbocycles. The summed E-state index contributed by atoms with van der Waals surface area (Å²) in [5.74, 6) is 0.531. The van der Waals surface area contributed by atoms with Crippen molar-refractivity contribution in [2.75, 3.05) is 10.2 Å². The number of fused-ring (bicyclic) bond motifs is 2. The van der Waals surface area contributed by atoms with Gasteiger partial charge in [-0.05, 0) is 61.0 Å². The van der Waals surface area contributed by atoms with Crippen molar-refractivity contribution in [3.8, 4) is 0 Å². The van der Waals surface area contributed by atoms with E-state index in [-0.39, 0.29) is 18.2 Å². The van der Waals surface area contributed by atoms with Crippen LogP contribution in [0.4, 0.5) is 11.4 Å². The molecule has 0 bridgehead atoms. The first-order valence-electron chi connectivity index (χ1n) is 10.7. The summed E-state index contributed by atoms with van der Waals surface area (Å²) in [5.41, 5.74) is 4.09. The molecule has 3 aromatic carbocycles. The summed E-state index contributed by atoms with van der Waals surface area (Å²) in [5, 5.41) is 2.88. The van der Waals surface area contributed by atoms with Gasteiger partial charge < -0.3 is 14.6 Å². The lowest BCUT2D eigenvalue weighted by Crippen LogP contribution is -2.30.